The summed E-state index contributed by atoms with van der Waals surface area (Å²) < 4.78 is 58.5. The van der Waals surface area contributed by atoms with Crippen LogP contribution < -0.4 is 21.4 Å². The van der Waals surface area contributed by atoms with Crippen molar-refractivity contribution in [2.24, 2.45) is 0 Å². The molecule has 0 atom stereocenters. The van der Waals surface area contributed by atoms with Crippen LogP contribution in [0.5, 0.6) is 0 Å². The van der Waals surface area contributed by atoms with Gasteiger partial charge in [-0.15, -0.1) is 0 Å². The van der Waals surface area contributed by atoms with Crippen LogP contribution in [-0.4, -0.2) is 41.1 Å². The topological polar surface area (TPSA) is 174 Å². The maximum Gasteiger partial charge on any atom is 0.491 e. The van der Waals surface area contributed by atoms with E-state index in [0.29, 0.717) is 41.4 Å². The Kier molecular flexibility index (Phi) is 10.5. The van der Waals surface area contributed by atoms with Gasteiger partial charge < -0.3 is 25.1 Å². The lowest BCUT2D eigenvalue weighted by Crippen LogP contribution is -2.28. The Morgan fingerprint density at radius 1 is 0.733 bits per heavy atom. The molecule has 2 aliphatic rings. The summed E-state index contributed by atoms with van der Waals surface area (Å²) in [5.74, 6) is 0. The normalized spacial score (nSPS) is 13.2. The molecule has 0 aromatic heterocycles. The second-order valence-electron chi connectivity index (χ2n) is 9.45. The first-order chi connectivity index (χ1) is 21.3. The van der Waals surface area contributed by atoms with Crippen LogP contribution in [0.3, 0.4) is 0 Å². The molecule has 6 rings (SSSR count). The van der Waals surface area contributed by atoms with Gasteiger partial charge in [-0.05, 0) is 46.3 Å². The lowest BCUT2D eigenvalue weighted by Gasteiger charge is -2.09. The number of hydrogen-bond acceptors (Lipinski definition) is 9. The second-order valence-corrected chi connectivity index (χ2v) is 13.7. The average Bonchev–Trinajstić information content (AvgIpc) is 3.58. The largest absolute Gasteiger partial charge is 0.491 e. The van der Waals surface area contributed by atoms with Crippen LogP contribution in [0, 0.1) is 13.1 Å². The van der Waals surface area contributed by atoms with E-state index in [9.17, 15) is 26.9 Å². The molecule has 4 aromatic rings. The van der Waals surface area contributed by atoms with Crippen molar-refractivity contribution in [2.45, 2.75) is 23.0 Å². The molecule has 5 N–H and O–H groups in total. The molecular formula is C28H23B2ClN4O8S2. The summed E-state index contributed by atoms with van der Waals surface area (Å²) >= 11 is 0. The molecule has 2 heterocycles. The van der Waals surface area contributed by atoms with Crippen LogP contribution >= 0.6 is 10.7 Å². The Bertz CT molecular complexity index is 2000. The van der Waals surface area contributed by atoms with Crippen molar-refractivity contribution in [2.75, 3.05) is 10.5 Å². The molecule has 2 aliphatic heterocycles. The van der Waals surface area contributed by atoms with Gasteiger partial charge in [0.05, 0.1) is 36.1 Å². The molecular weight excluding hydrogens is 642 g/mol. The van der Waals surface area contributed by atoms with Gasteiger partial charge in [0.25, 0.3) is 19.1 Å². The van der Waals surface area contributed by atoms with Crippen molar-refractivity contribution < 1.29 is 36.2 Å². The summed E-state index contributed by atoms with van der Waals surface area (Å²) in [6.07, 6.45) is 0. The van der Waals surface area contributed by atoms with Gasteiger partial charge in [0.15, 0.2) is 11.4 Å². The predicted molar refractivity (Wildman–Crippen MR) is 171 cm³/mol. The van der Waals surface area contributed by atoms with E-state index in [4.69, 9.17) is 38.9 Å². The Balaban J connectivity index is 0.000000169. The fourth-order valence-corrected chi connectivity index (χ4v) is 5.93. The van der Waals surface area contributed by atoms with E-state index < -0.39 is 33.3 Å². The summed E-state index contributed by atoms with van der Waals surface area (Å²) in [5, 5.41) is 18.9. The first-order valence-corrected chi connectivity index (χ1v) is 16.6. The van der Waals surface area contributed by atoms with E-state index in [1.807, 2.05) is 6.07 Å². The minimum atomic E-state index is -3.75. The lowest BCUT2D eigenvalue weighted by atomic mass is 9.79. The number of rotatable bonds is 4. The van der Waals surface area contributed by atoms with Crippen LogP contribution in [0.1, 0.15) is 11.1 Å². The highest BCUT2D eigenvalue weighted by Gasteiger charge is 2.28. The second kappa shape index (κ2) is 14.2. The predicted octanol–water partition coefficient (Wildman–Crippen LogP) is 2.91. The summed E-state index contributed by atoms with van der Waals surface area (Å²) in [6, 6.07) is 21.4. The standard InChI is InChI=1S/C14H11BN2O4S.C7H8BNO2.C7H4ClNO2S/c1-16-11-4-6-13(7-5-11)22(19,20)17-12-3-2-10-9-21-15(18)14(10)8-12;9-6-2-1-5-4-11-8(10)7(5)3-6;1-9-6-2-4-7(5-3-6)12(8,10)11/h2-8,17-18H,9H2;1-3,10H,4,9H2;2-5H. The van der Waals surface area contributed by atoms with E-state index in [0.717, 1.165) is 16.6 Å². The van der Waals surface area contributed by atoms with Gasteiger partial charge in [-0.2, -0.15) is 0 Å². The zero-order valence-electron chi connectivity index (χ0n) is 23.2. The molecule has 0 unspecified atom stereocenters. The van der Waals surface area contributed by atoms with Crippen molar-refractivity contribution >= 4 is 77.7 Å². The zero-order valence-corrected chi connectivity index (χ0v) is 25.6. The minimum absolute atomic E-state index is 0.0107. The number of fused-ring (bicyclic) bond motifs is 2. The van der Waals surface area contributed by atoms with E-state index in [1.165, 1.54) is 48.5 Å². The first-order valence-electron chi connectivity index (χ1n) is 12.8. The van der Waals surface area contributed by atoms with Crippen molar-refractivity contribution in [3.05, 3.63) is 119 Å². The number of hydrogen-bond donors (Lipinski definition) is 4. The summed E-state index contributed by atoms with van der Waals surface area (Å²) in [4.78, 5) is 6.40. The molecule has 12 nitrogen and oxygen atoms in total. The highest BCUT2D eigenvalue weighted by atomic mass is 35.7. The number of nitrogens with two attached hydrogens (primary N) is 1. The molecule has 4 aromatic carbocycles. The summed E-state index contributed by atoms with van der Waals surface area (Å²) in [6.45, 7) is 14.3. The fraction of sp³-hybridized carbons (Fsp3) is 0.0714. The molecule has 0 bridgehead atoms. The van der Waals surface area contributed by atoms with Gasteiger partial charge in [-0.1, -0.05) is 60.7 Å². The Hall–Kier alpha value is -4.38. The van der Waals surface area contributed by atoms with Gasteiger partial charge in [-0.25, -0.2) is 26.5 Å². The Morgan fingerprint density at radius 2 is 1.20 bits per heavy atom. The molecule has 0 fully saturated rings. The van der Waals surface area contributed by atoms with Crippen molar-refractivity contribution in [1.82, 2.24) is 0 Å². The van der Waals surface area contributed by atoms with Crippen LogP contribution in [0.15, 0.2) is 94.7 Å². The highest BCUT2D eigenvalue weighted by Crippen LogP contribution is 2.21. The molecule has 17 heteroatoms. The molecule has 0 saturated heterocycles. The molecule has 0 spiro atoms. The lowest BCUT2D eigenvalue weighted by molar-refractivity contribution is 0.275. The van der Waals surface area contributed by atoms with E-state index in [-0.39, 0.29) is 9.79 Å². The third-order valence-corrected chi connectivity index (χ3v) is 9.18. The monoisotopic (exact) mass is 664 g/mol. The fourth-order valence-electron chi connectivity index (χ4n) is 4.11. The zero-order chi connectivity index (χ0) is 32.8. The van der Waals surface area contributed by atoms with Gasteiger partial charge in [0.1, 0.15) is 0 Å². The number of halogens is 1. The average molecular weight is 665 g/mol. The Morgan fingerprint density at radius 3 is 1.69 bits per heavy atom. The van der Waals surface area contributed by atoms with Crippen LogP contribution in [0.25, 0.3) is 9.69 Å². The number of benzene rings is 4. The van der Waals surface area contributed by atoms with Crippen molar-refractivity contribution in [3.8, 4) is 0 Å². The third kappa shape index (κ3) is 8.63. The minimum Gasteiger partial charge on any atom is -0.423 e. The van der Waals surface area contributed by atoms with Crippen LogP contribution in [0.4, 0.5) is 22.7 Å². The highest BCUT2D eigenvalue weighted by molar-refractivity contribution is 8.13. The number of nitrogens with zero attached hydrogens (tertiary/aromatic N) is 2. The van der Waals surface area contributed by atoms with E-state index >= 15 is 0 Å². The molecule has 0 aliphatic carbocycles. The number of nitrogen functional groups attached to an aromatic ring is 1. The van der Waals surface area contributed by atoms with Gasteiger partial charge in [-0.3, -0.25) is 4.72 Å². The molecule has 45 heavy (non-hydrogen) atoms. The molecule has 0 saturated carbocycles. The SMILES string of the molecule is Nc1ccc2c(c1)B(O)OC2.[C-]#[N+]c1ccc(S(=O)(=O)Cl)cc1.[C-]#[N+]c1ccc(S(=O)(=O)Nc2ccc3c(c2)B(O)OC3)cc1. The van der Waals surface area contributed by atoms with Crippen LogP contribution in [-0.2, 0) is 41.6 Å². The molecule has 228 valence electrons. The summed E-state index contributed by atoms with van der Waals surface area (Å²) in [7, 11) is -4.17. The first kappa shape index (κ1) is 33.5. The molecule has 0 radical (unpaired) electrons. The smallest absolute Gasteiger partial charge is 0.423 e. The quantitative estimate of drug-likeness (QED) is 0.111. The third-order valence-electron chi connectivity index (χ3n) is 6.42. The van der Waals surface area contributed by atoms with E-state index in [2.05, 4.69) is 14.4 Å². The maximum absolute atomic E-state index is 12.3. The van der Waals surface area contributed by atoms with Gasteiger partial charge in [0, 0.05) is 22.1 Å². The van der Waals surface area contributed by atoms with E-state index in [1.54, 1.807) is 30.3 Å². The van der Waals surface area contributed by atoms with Crippen molar-refractivity contribution in [1.29, 1.82) is 0 Å². The van der Waals surface area contributed by atoms with Crippen LogP contribution in [0.2, 0.25) is 0 Å². The van der Waals surface area contributed by atoms with Gasteiger partial charge >= 0.3 is 14.2 Å². The number of nitrogens with one attached hydrogen (secondary N) is 1. The number of sulfonamides is 1. The summed E-state index contributed by atoms with van der Waals surface area (Å²) in [5.41, 5.74) is 10.5. The molecule has 0 amide bonds. The Labute approximate surface area is 265 Å². The number of anilines is 2. The maximum atomic E-state index is 12.3. The van der Waals surface area contributed by atoms with Gasteiger partial charge in [0.2, 0.25) is 0 Å². The van der Waals surface area contributed by atoms with Crippen molar-refractivity contribution in [3.63, 3.8) is 0 Å².